The molecule has 4 aromatic rings. The first-order valence-corrected chi connectivity index (χ1v) is 13.9. The number of benzene rings is 1. The molecule has 4 heterocycles. The van der Waals surface area contributed by atoms with Gasteiger partial charge in [0.15, 0.2) is 5.82 Å². The minimum absolute atomic E-state index is 0.00869. The molecule has 0 spiro atoms. The molecule has 206 valence electrons. The molecule has 0 amide bonds. The van der Waals surface area contributed by atoms with Crippen LogP contribution in [0.4, 0.5) is 5.95 Å². The van der Waals surface area contributed by atoms with E-state index in [4.69, 9.17) is 14.2 Å². The molecule has 1 aliphatic rings. The van der Waals surface area contributed by atoms with E-state index >= 15 is 0 Å². The molecule has 0 bridgehead atoms. The van der Waals surface area contributed by atoms with Gasteiger partial charge in [-0.15, -0.1) is 10.2 Å². The Morgan fingerprint density at radius 1 is 0.974 bits per heavy atom. The second-order valence-electron chi connectivity index (χ2n) is 9.15. The summed E-state index contributed by atoms with van der Waals surface area (Å²) in [4.78, 5) is 8.47. The fourth-order valence-electron chi connectivity index (χ4n) is 4.63. The van der Waals surface area contributed by atoms with Crippen molar-refractivity contribution in [3.05, 3.63) is 48.2 Å². The van der Waals surface area contributed by atoms with Gasteiger partial charge in [-0.05, 0) is 31.9 Å². The highest BCUT2D eigenvalue weighted by Gasteiger charge is 2.33. The van der Waals surface area contributed by atoms with Gasteiger partial charge < -0.3 is 14.2 Å². The molecule has 5 rings (SSSR count). The maximum atomic E-state index is 13.7. The minimum atomic E-state index is -3.99. The minimum Gasteiger partial charge on any atom is -0.494 e. The number of methoxy groups -OCH3 is 3. The molecule has 0 radical (unpaired) electrons. The van der Waals surface area contributed by atoms with E-state index in [0.29, 0.717) is 34.6 Å². The van der Waals surface area contributed by atoms with Crippen molar-refractivity contribution in [2.45, 2.75) is 44.4 Å². The van der Waals surface area contributed by atoms with Crippen LogP contribution in [0.25, 0.3) is 17.1 Å². The fraction of sp³-hybridized carbons (Fsp3) is 0.400. The first-order valence-electron chi connectivity index (χ1n) is 12.4. The maximum absolute atomic E-state index is 13.7. The molecule has 0 saturated carbocycles. The highest BCUT2D eigenvalue weighted by molar-refractivity contribution is 7.93. The summed E-state index contributed by atoms with van der Waals surface area (Å²) in [7, 11) is 0.564. The Morgan fingerprint density at radius 2 is 1.72 bits per heavy atom. The van der Waals surface area contributed by atoms with Gasteiger partial charge in [-0.1, -0.05) is 13.0 Å². The van der Waals surface area contributed by atoms with Crippen LogP contribution in [0.3, 0.4) is 0 Å². The molecule has 1 N–H and O–H groups in total. The lowest BCUT2D eigenvalue weighted by Gasteiger charge is -2.21. The van der Waals surface area contributed by atoms with Gasteiger partial charge in [-0.25, -0.2) is 13.4 Å². The summed E-state index contributed by atoms with van der Waals surface area (Å²) in [6.07, 6.45) is 6.48. The molecule has 0 aliphatic carbocycles. The number of nitrogens with one attached hydrogen (secondary N) is 1. The van der Waals surface area contributed by atoms with E-state index in [1.54, 1.807) is 42.8 Å². The molecular formula is C25H30N8O5S. The zero-order valence-corrected chi connectivity index (χ0v) is 23.1. The van der Waals surface area contributed by atoms with Crippen molar-refractivity contribution >= 4 is 16.0 Å². The van der Waals surface area contributed by atoms with Crippen molar-refractivity contribution in [1.82, 2.24) is 34.5 Å². The molecule has 39 heavy (non-hydrogen) atoms. The van der Waals surface area contributed by atoms with Gasteiger partial charge in [-0.2, -0.15) is 5.10 Å². The van der Waals surface area contributed by atoms with Crippen LogP contribution < -0.4 is 18.9 Å². The average molecular weight is 555 g/mol. The number of ether oxygens (including phenoxy) is 3. The van der Waals surface area contributed by atoms with Crippen molar-refractivity contribution in [1.29, 1.82) is 0 Å². The largest absolute Gasteiger partial charge is 0.494 e. The molecule has 0 saturated heterocycles. The van der Waals surface area contributed by atoms with E-state index in [0.717, 1.165) is 30.6 Å². The average Bonchev–Trinajstić information content (AvgIpc) is 3.68. The van der Waals surface area contributed by atoms with Crippen LogP contribution in [0, 0.1) is 0 Å². The summed E-state index contributed by atoms with van der Waals surface area (Å²) in [6.45, 7) is 4.19. The molecule has 2 atom stereocenters. The predicted octanol–water partition coefficient (Wildman–Crippen LogP) is 2.83. The molecule has 3 aromatic heterocycles. The van der Waals surface area contributed by atoms with Crippen LogP contribution in [0.15, 0.2) is 36.8 Å². The number of sulfonamides is 1. The molecular weight excluding hydrogens is 524 g/mol. The number of fused-ring (bicyclic) bond motifs is 1. The van der Waals surface area contributed by atoms with E-state index in [1.165, 1.54) is 33.7 Å². The van der Waals surface area contributed by atoms with Gasteiger partial charge in [0, 0.05) is 18.2 Å². The smallest absolute Gasteiger partial charge is 0.243 e. The van der Waals surface area contributed by atoms with Crippen LogP contribution in [0.5, 0.6) is 17.4 Å². The van der Waals surface area contributed by atoms with Crippen LogP contribution >= 0.6 is 0 Å². The van der Waals surface area contributed by atoms with Crippen molar-refractivity contribution < 1.29 is 22.6 Å². The molecule has 0 unspecified atom stereocenters. The Bertz CT molecular complexity index is 1560. The van der Waals surface area contributed by atoms with E-state index in [2.05, 4.69) is 30.0 Å². The Balaban J connectivity index is 1.59. The summed E-state index contributed by atoms with van der Waals surface area (Å²) in [6, 6.07) is 5.30. The zero-order chi connectivity index (χ0) is 27.7. The second kappa shape index (κ2) is 10.5. The molecule has 1 aliphatic heterocycles. The number of nitrogens with zero attached hydrogens (tertiary/aromatic N) is 7. The number of hydrogen-bond donors (Lipinski definition) is 1. The van der Waals surface area contributed by atoms with Crippen LogP contribution in [0.2, 0.25) is 0 Å². The summed E-state index contributed by atoms with van der Waals surface area (Å²) >= 11 is 0. The second-order valence-corrected chi connectivity index (χ2v) is 11.2. The first kappa shape index (κ1) is 26.4. The highest BCUT2D eigenvalue weighted by atomic mass is 32.2. The van der Waals surface area contributed by atoms with Gasteiger partial charge >= 0.3 is 0 Å². The number of aryl methyl sites for hydroxylation is 1. The third-order valence-electron chi connectivity index (χ3n) is 7.01. The standard InChI is InChI=1S/C25H30N8O5S/c1-15(18-13-27-22(38-5)14-26-18)16(2)39(34,35)31-25-30-29-24(17-12-28-32-11-7-8-19(17)32)33(25)23-20(36-3)9-6-10-21(23)37-4/h6,9-10,12-16H,7-8,11H2,1-5H3,(H,30,31)/t15-,16-/m0/s1. The molecule has 1 aromatic carbocycles. The monoisotopic (exact) mass is 554 g/mol. The number of aromatic nitrogens is 7. The van der Waals surface area contributed by atoms with E-state index < -0.39 is 21.2 Å². The molecule has 14 heteroatoms. The van der Waals surface area contributed by atoms with Gasteiger partial charge in [0.05, 0.1) is 56.4 Å². The number of anilines is 1. The van der Waals surface area contributed by atoms with Gasteiger partial charge in [-0.3, -0.25) is 19.0 Å². The van der Waals surface area contributed by atoms with Crippen molar-refractivity contribution in [3.63, 3.8) is 0 Å². The third-order valence-corrected chi connectivity index (χ3v) is 8.87. The van der Waals surface area contributed by atoms with E-state index in [1.807, 2.05) is 4.68 Å². The third kappa shape index (κ3) is 4.75. The number of para-hydroxylation sites is 1. The van der Waals surface area contributed by atoms with E-state index in [-0.39, 0.29) is 5.95 Å². The Kier molecular flexibility index (Phi) is 7.12. The quantitative estimate of drug-likeness (QED) is 0.310. The summed E-state index contributed by atoms with van der Waals surface area (Å²) in [5.41, 5.74) is 2.73. The van der Waals surface area contributed by atoms with Crippen molar-refractivity contribution in [3.8, 4) is 34.5 Å². The number of hydrogen-bond acceptors (Lipinski definition) is 10. The van der Waals surface area contributed by atoms with Crippen LogP contribution in [0.1, 0.15) is 37.6 Å². The Morgan fingerprint density at radius 3 is 2.36 bits per heavy atom. The SMILES string of the molecule is COc1cnc([C@@H](C)[C@H](C)S(=O)(=O)Nc2nnc(-c3cnn4c3CCC4)n2-c2c(OC)cccc2OC)cn1. The lowest BCUT2D eigenvalue weighted by Crippen LogP contribution is -2.31. The van der Waals surface area contributed by atoms with Crippen LogP contribution in [-0.2, 0) is 23.0 Å². The van der Waals surface area contributed by atoms with Gasteiger partial charge in [0.1, 0.15) is 17.2 Å². The Labute approximate surface area is 226 Å². The van der Waals surface area contributed by atoms with E-state index in [9.17, 15) is 8.42 Å². The normalized spacial score (nSPS) is 14.5. The summed E-state index contributed by atoms with van der Waals surface area (Å²) in [5.74, 6) is 1.17. The maximum Gasteiger partial charge on any atom is 0.243 e. The Hall–Kier alpha value is -4.20. The fourth-order valence-corrected chi connectivity index (χ4v) is 5.88. The highest BCUT2D eigenvalue weighted by Crippen LogP contribution is 2.39. The van der Waals surface area contributed by atoms with Gasteiger partial charge in [0.2, 0.25) is 21.9 Å². The lowest BCUT2D eigenvalue weighted by molar-refractivity contribution is 0.391. The van der Waals surface area contributed by atoms with Crippen molar-refractivity contribution in [2.24, 2.45) is 0 Å². The van der Waals surface area contributed by atoms with Crippen LogP contribution in [-0.4, -0.2) is 69.5 Å². The lowest BCUT2D eigenvalue weighted by atomic mass is 10.1. The molecule has 13 nitrogen and oxygen atoms in total. The predicted molar refractivity (Wildman–Crippen MR) is 143 cm³/mol. The number of rotatable bonds is 10. The van der Waals surface area contributed by atoms with Crippen molar-refractivity contribution in [2.75, 3.05) is 26.1 Å². The van der Waals surface area contributed by atoms with Gasteiger partial charge in [0.25, 0.3) is 0 Å². The molecule has 0 fully saturated rings. The summed E-state index contributed by atoms with van der Waals surface area (Å²) < 4.78 is 49.9. The first-order chi connectivity index (χ1) is 18.8. The zero-order valence-electron chi connectivity index (χ0n) is 22.3. The topological polar surface area (TPSA) is 148 Å². The summed E-state index contributed by atoms with van der Waals surface area (Å²) in [5, 5.41) is 12.3.